The minimum absolute atomic E-state index is 0.230. The second kappa shape index (κ2) is 6.42. The first-order valence-electron chi connectivity index (χ1n) is 11.0. The maximum absolute atomic E-state index is 6.25. The lowest BCUT2D eigenvalue weighted by Crippen LogP contribution is -2.36. The number of nitrogens with zero attached hydrogens (tertiary/aromatic N) is 3. The molecule has 3 aliphatic rings. The van der Waals surface area contributed by atoms with Crippen molar-refractivity contribution < 1.29 is 14.2 Å². The Labute approximate surface area is 186 Å². The van der Waals surface area contributed by atoms with Crippen LogP contribution in [0.1, 0.15) is 17.0 Å². The first kappa shape index (κ1) is 18.0. The van der Waals surface area contributed by atoms with E-state index in [1.165, 1.54) is 16.8 Å². The van der Waals surface area contributed by atoms with Gasteiger partial charge in [-0.3, -0.25) is 0 Å². The van der Waals surface area contributed by atoms with Gasteiger partial charge in [0, 0.05) is 30.9 Å². The molecule has 160 valence electrons. The summed E-state index contributed by atoms with van der Waals surface area (Å²) in [6.07, 6.45) is 0. The Kier molecular flexibility index (Phi) is 3.60. The summed E-state index contributed by atoms with van der Waals surface area (Å²) in [5.74, 6) is 3.54. The van der Waals surface area contributed by atoms with E-state index in [0.717, 1.165) is 47.2 Å². The third kappa shape index (κ3) is 2.38. The summed E-state index contributed by atoms with van der Waals surface area (Å²) in [4.78, 5) is 7.36. The maximum Gasteiger partial charge on any atom is 0.165 e. The molecular weight excluding hydrogens is 402 g/mol. The summed E-state index contributed by atoms with van der Waals surface area (Å²) in [7, 11) is 2.10. The first-order valence-corrected chi connectivity index (χ1v) is 11.0. The van der Waals surface area contributed by atoms with Crippen LogP contribution in [0.15, 0.2) is 60.7 Å². The van der Waals surface area contributed by atoms with Gasteiger partial charge in [-0.05, 0) is 29.8 Å². The number of para-hydroxylation sites is 3. The average Bonchev–Trinajstić information content (AvgIpc) is 3.46. The van der Waals surface area contributed by atoms with Crippen molar-refractivity contribution in [2.24, 2.45) is 7.05 Å². The highest BCUT2D eigenvalue weighted by Gasteiger charge is 2.50. The zero-order valence-electron chi connectivity index (χ0n) is 17.9. The minimum atomic E-state index is -0.230. The van der Waals surface area contributed by atoms with E-state index in [1.807, 2.05) is 12.1 Å². The molecule has 0 fully saturated rings. The van der Waals surface area contributed by atoms with Crippen molar-refractivity contribution >= 4 is 16.7 Å². The summed E-state index contributed by atoms with van der Waals surface area (Å²) in [5.41, 5.74) is 5.68. The van der Waals surface area contributed by atoms with Crippen LogP contribution in [0.25, 0.3) is 11.0 Å². The van der Waals surface area contributed by atoms with Crippen molar-refractivity contribution in [2.45, 2.75) is 12.0 Å². The van der Waals surface area contributed by atoms with Crippen LogP contribution in [-0.4, -0.2) is 35.9 Å². The number of aryl methyl sites for hydroxylation is 1. The summed E-state index contributed by atoms with van der Waals surface area (Å²) >= 11 is 0. The molecule has 1 aromatic heterocycles. The number of anilines is 1. The molecule has 0 amide bonds. The van der Waals surface area contributed by atoms with Gasteiger partial charge in [0.25, 0.3) is 0 Å². The Morgan fingerprint density at radius 3 is 2.53 bits per heavy atom. The number of benzene rings is 3. The van der Waals surface area contributed by atoms with E-state index in [4.69, 9.17) is 19.2 Å². The molecule has 3 aliphatic heterocycles. The summed E-state index contributed by atoms with van der Waals surface area (Å²) in [6.45, 7) is 3.34. The normalized spacial score (nSPS) is 20.5. The van der Waals surface area contributed by atoms with Crippen molar-refractivity contribution in [3.63, 3.8) is 0 Å². The van der Waals surface area contributed by atoms with Crippen molar-refractivity contribution in [1.82, 2.24) is 9.55 Å². The highest BCUT2D eigenvalue weighted by molar-refractivity contribution is 5.76. The lowest BCUT2D eigenvalue weighted by molar-refractivity contribution is 0.171. The summed E-state index contributed by atoms with van der Waals surface area (Å²) in [5, 5.41) is 0. The van der Waals surface area contributed by atoms with Gasteiger partial charge in [-0.25, -0.2) is 4.98 Å². The fourth-order valence-electron chi connectivity index (χ4n) is 5.49. The summed E-state index contributed by atoms with van der Waals surface area (Å²) in [6, 6.07) is 21.1. The van der Waals surface area contributed by atoms with Gasteiger partial charge in [-0.15, -0.1) is 0 Å². The smallest absolute Gasteiger partial charge is 0.165 e. The molecule has 0 saturated carbocycles. The summed E-state index contributed by atoms with van der Waals surface area (Å²) < 4.78 is 20.1. The monoisotopic (exact) mass is 425 g/mol. The minimum Gasteiger partial charge on any atom is -0.492 e. The lowest BCUT2D eigenvalue weighted by Gasteiger charge is -2.26. The second-order valence-electron chi connectivity index (χ2n) is 8.81. The molecule has 1 unspecified atom stereocenters. The fourth-order valence-corrected chi connectivity index (χ4v) is 5.49. The molecule has 0 aliphatic carbocycles. The zero-order chi connectivity index (χ0) is 21.3. The molecule has 0 saturated heterocycles. The average molecular weight is 425 g/mol. The number of ether oxygens (including phenoxy) is 3. The standard InChI is InChI=1S/C26H23N3O3/c1-28-21-9-5-3-7-19(21)27-25(28)14-29-15-26(17-6-2-4-8-20(17)29)16-32-22-13-24-23(12-18(22)26)30-10-11-31-24/h2-9,12-13H,10-11,14-16H2,1H3. The van der Waals surface area contributed by atoms with Gasteiger partial charge in [-0.2, -0.15) is 0 Å². The van der Waals surface area contributed by atoms with Gasteiger partial charge < -0.3 is 23.7 Å². The Morgan fingerprint density at radius 2 is 1.66 bits per heavy atom. The maximum atomic E-state index is 6.25. The van der Waals surface area contributed by atoms with Crippen LogP contribution in [0.5, 0.6) is 17.2 Å². The molecule has 6 heteroatoms. The van der Waals surface area contributed by atoms with E-state index in [2.05, 4.69) is 65.0 Å². The SMILES string of the molecule is Cn1c(CN2CC3(COc4cc5c(cc43)OCCO5)c3ccccc32)nc2ccccc21. The molecule has 0 N–H and O–H groups in total. The van der Waals surface area contributed by atoms with E-state index in [-0.39, 0.29) is 5.41 Å². The Hall–Kier alpha value is -3.67. The fraction of sp³-hybridized carbons (Fsp3) is 0.269. The lowest BCUT2D eigenvalue weighted by atomic mass is 9.77. The van der Waals surface area contributed by atoms with Crippen LogP contribution in [0.2, 0.25) is 0 Å². The third-order valence-electron chi connectivity index (χ3n) is 7.07. The molecule has 4 heterocycles. The third-order valence-corrected chi connectivity index (χ3v) is 7.07. The largest absolute Gasteiger partial charge is 0.492 e. The van der Waals surface area contributed by atoms with Crippen LogP contribution in [-0.2, 0) is 19.0 Å². The van der Waals surface area contributed by atoms with E-state index >= 15 is 0 Å². The number of fused-ring (bicyclic) bond motifs is 6. The molecule has 32 heavy (non-hydrogen) atoms. The van der Waals surface area contributed by atoms with Crippen LogP contribution >= 0.6 is 0 Å². The molecule has 0 radical (unpaired) electrons. The van der Waals surface area contributed by atoms with Gasteiger partial charge in [0.05, 0.1) is 23.0 Å². The van der Waals surface area contributed by atoms with Gasteiger partial charge in [-0.1, -0.05) is 30.3 Å². The van der Waals surface area contributed by atoms with Crippen LogP contribution in [0.3, 0.4) is 0 Å². The van der Waals surface area contributed by atoms with Gasteiger partial charge in [0.2, 0.25) is 0 Å². The van der Waals surface area contributed by atoms with Crippen LogP contribution < -0.4 is 19.1 Å². The molecule has 4 aromatic rings. The number of hydrogen-bond donors (Lipinski definition) is 0. The molecule has 1 atom stereocenters. The predicted octanol–water partition coefficient (Wildman–Crippen LogP) is 4.04. The van der Waals surface area contributed by atoms with Crippen molar-refractivity contribution in [1.29, 1.82) is 0 Å². The quantitative estimate of drug-likeness (QED) is 0.485. The topological polar surface area (TPSA) is 48.8 Å². The molecule has 1 spiro atoms. The van der Waals surface area contributed by atoms with E-state index in [9.17, 15) is 0 Å². The zero-order valence-corrected chi connectivity index (χ0v) is 17.9. The van der Waals surface area contributed by atoms with Crippen LogP contribution in [0.4, 0.5) is 5.69 Å². The highest BCUT2D eigenvalue weighted by Crippen LogP contribution is 2.54. The van der Waals surface area contributed by atoms with Gasteiger partial charge in [0.15, 0.2) is 11.5 Å². The highest BCUT2D eigenvalue weighted by atomic mass is 16.6. The number of hydrogen-bond acceptors (Lipinski definition) is 5. The van der Waals surface area contributed by atoms with Crippen molar-refractivity contribution in [2.75, 3.05) is 31.3 Å². The van der Waals surface area contributed by atoms with Gasteiger partial charge in [0.1, 0.15) is 31.4 Å². The first-order chi connectivity index (χ1) is 15.7. The van der Waals surface area contributed by atoms with Crippen molar-refractivity contribution in [3.8, 4) is 17.2 Å². The van der Waals surface area contributed by atoms with E-state index in [0.29, 0.717) is 19.8 Å². The molecule has 6 nitrogen and oxygen atoms in total. The molecule has 0 bridgehead atoms. The van der Waals surface area contributed by atoms with Gasteiger partial charge >= 0.3 is 0 Å². The molecular formula is C26H23N3O3. The Bertz CT molecular complexity index is 1380. The Morgan fingerprint density at radius 1 is 0.875 bits per heavy atom. The Balaban J connectivity index is 1.32. The second-order valence-corrected chi connectivity index (χ2v) is 8.81. The van der Waals surface area contributed by atoms with Crippen molar-refractivity contribution in [3.05, 3.63) is 77.6 Å². The van der Waals surface area contributed by atoms with E-state index in [1.54, 1.807) is 0 Å². The van der Waals surface area contributed by atoms with Crippen LogP contribution in [0, 0.1) is 0 Å². The molecule has 7 rings (SSSR count). The predicted molar refractivity (Wildman–Crippen MR) is 122 cm³/mol. The number of imidazole rings is 1. The number of aromatic nitrogens is 2. The molecule has 3 aromatic carbocycles. The number of rotatable bonds is 2. The van der Waals surface area contributed by atoms with E-state index < -0.39 is 0 Å².